The van der Waals surface area contributed by atoms with Crippen LogP contribution in [-0.4, -0.2) is 25.0 Å². The van der Waals surface area contributed by atoms with Crippen LogP contribution in [0, 0.1) is 11.8 Å². The molecule has 0 fully saturated rings. The molecule has 1 rings (SSSR count). The number of rotatable bonds is 8. The molecular weight excluding hydrogens is 232 g/mol. The van der Waals surface area contributed by atoms with E-state index in [0.717, 1.165) is 32.1 Å². The Kier molecular flexibility index (Phi) is 7.11. The molecule has 0 aliphatic heterocycles. The van der Waals surface area contributed by atoms with Crippen molar-refractivity contribution >= 4 is 0 Å². The predicted molar refractivity (Wildman–Crippen MR) is 84.2 cm³/mol. The van der Waals surface area contributed by atoms with Crippen LogP contribution in [0.15, 0.2) is 24.3 Å². The Labute approximate surface area is 119 Å². The predicted octanol–water partition coefficient (Wildman–Crippen LogP) is 3.52. The first-order valence-corrected chi connectivity index (χ1v) is 7.44. The third kappa shape index (κ3) is 7.34. The second-order valence-corrected chi connectivity index (χ2v) is 6.44. The lowest BCUT2D eigenvalue weighted by Gasteiger charge is -2.19. The first-order chi connectivity index (χ1) is 8.97. The van der Waals surface area contributed by atoms with Gasteiger partial charge in [0, 0.05) is 19.6 Å². The second-order valence-electron chi connectivity index (χ2n) is 6.44. The molecule has 0 saturated carbocycles. The smallest absolute Gasteiger partial charge is 0.0230 e. The molecule has 0 aliphatic rings. The van der Waals surface area contributed by atoms with Crippen LogP contribution in [0.25, 0.3) is 0 Å². The molecule has 0 saturated heterocycles. The fourth-order valence-electron chi connectivity index (χ4n) is 2.34. The van der Waals surface area contributed by atoms with Gasteiger partial charge in [0.25, 0.3) is 0 Å². The van der Waals surface area contributed by atoms with Crippen molar-refractivity contribution in [3.8, 4) is 0 Å². The minimum absolute atomic E-state index is 0.709. The van der Waals surface area contributed by atoms with Crippen LogP contribution >= 0.6 is 0 Å². The van der Waals surface area contributed by atoms with Gasteiger partial charge in [0.2, 0.25) is 0 Å². The van der Waals surface area contributed by atoms with E-state index in [4.69, 9.17) is 0 Å². The van der Waals surface area contributed by atoms with Gasteiger partial charge < -0.3 is 10.2 Å². The van der Waals surface area contributed by atoms with Crippen LogP contribution in [0.3, 0.4) is 0 Å². The zero-order valence-electron chi connectivity index (χ0n) is 13.2. The molecule has 0 atom stereocenters. The van der Waals surface area contributed by atoms with Crippen LogP contribution in [0.1, 0.15) is 38.8 Å². The quantitative estimate of drug-likeness (QED) is 0.771. The molecule has 0 spiro atoms. The summed E-state index contributed by atoms with van der Waals surface area (Å²) in [6, 6.07) is 8.93. The molecule has 2 nitrogen and oxygen atoms in total. The molecule has 0 bridgehead atoms. The van der Waals surface area contributed by atoms with E-state index in [-0.39, 0.29) is 0 Å². The molecule has 0 aromatic heterocycles. The summed E-state index contributed by atoms with van der Waals surface area (Å²) < 4.78 is 0. The third-order valence-electron chi connectivity index (χ3n) is 3.00. The van der Waals surface area contributed by atoms with Gasteiger partial charge in [0.15, 0.2) is 0 Å². The van der Waals surface area contributed by atoms with Crippen molar-refractivity contribution in [2.75, 3.05) is 20.1 Å². The number of nitrogens with zero attached hydrogens (tertiary/aromatic N) is 1. The largest absolute Gasteiger partial charge is 0.312 e. The molecule has 1 N–H and O–H groups in total. The summed E-state index contributed by atoms with van der Waals surface area (Å²) in [7, 11) is 2.20. The van der Waals surface area contributed by atoms with Crippen molar-refractivity contribution in [3.05, 3.63) is 35.4 Å². The zero-order chi connectivity index (χ0) is 14.3. The number of nitrogens with one attached hydrogen (secondary N) is 1. The van der Waals surface area contributed by atoms with Crippen molar-refractivity contribution < 1.29 is 0 Å². The van der Waals surface area contributed by atoms with Crippen LogP contribution in [0.5, 0.6) is 0 Å². The van der Waals surface area contributed by atoms with Gasteiger partial charge in [0.1, 0.15) is 0 Å². The molecule has 0 unspecified atom stereocenters. The molecule has 0 aliphatic carbocycles. The topological polar surface area (TPSA) is 15.3 Å². The molecule has 2 heteroatoms. The van der Waals surface area contributed by atoms with Gasteiger partial charge in [-0.3, -0.25) is 0 Å². The van der Waals surface area contributed by atoms with Gasteiger partial charge in [-0.2, -0.15) is 0 Å². The molecule has 0 heterocycles. The fraction of sp³-hybridized carbons (Fsp3) is 0.647. The van der Waals surface area contributed by atoms with E-state index in [1.54, 1.807) is 0 Å². The van der Waals surface area contributed by atoms with E-state index < -0.39 is 0 Å². The van der Waals surface area contributed by atoms with Gasteiger partial charge >= 0.3 is 0 Å². The minimum atomic E-state index is 0.709. The average molecular weight is 262 g/mol. The molecule has 0 radical (unpaired) electrons. The van der Waals surface area contributed by atoms with E-state index >= 15 is 0 Å². The van der Waals surface area contributed by atoms with Crippen molar-refractivity contribution in [3.63, 3.8) is 0 Å². The highest BCUT2D eigenvalue weighted by Gasteiger charge is 2.03. The van der Waals surface area contributed by atoms with Crippen molar-refractivity contribution in [2.45, 2.75) is 40.8 Å². The number of hydrogen-bond acceptors (Lipinski definition) is 2. The average Bonchev–Trinajstić information content (AvgIpc) is 2.27. The Morgan fingerprint density at radius 3 is 2.37 bits per heavy atom. The highest BCUT2D eigenvalue weighted by Crippen LogP contribution is 2.09. The maximum absolute atomic E-state index is 3.50. The van der Waals surface area contributed by atoms with E-state index in [2.05, 4.69) is 69.2 Å². The van der Waals surface area contributed by atoms with Crippen molar-refractivity contribution in [1.82, 2.24) is 10.2 Å². The third-order valence-corrected chi connectivity index (χ3v) is 3.00. The normalized spacial score (nSPS) is 11.8. The second kappa shape index (κ2) is 8.34. The van der Waals surface area contributed by atoms with E-state index in [0.29, 0.717) is 5.92 Å². The fourth-order valence-corrected chi connectivity index (χ4v) is 2.34. The van der Waals surface area contributed by atoms with Crippen LogP contribution in [0.4, 0.5) is 0 Å². The highest BCUT2D eigenvalue weighted by atomic mass is 15.1. The molecule has 1 aromatic carbocycles. The SMILES string of the molecule is CC(C)CNCc1cccc(CN(C)CC(C)C)c1. The summed E-state index contributed by atoms with van der Waals surface area (Å²) >= 11 is 0. The Bertz CT molecular complexity index is 358. The molecule has 1 aromatic rings. The first-order valence-electron chi connectivity index (χ1n) is 7.44. The Hall–Kier alpha value is -0.860. The van der Waals surface area contributed by atoms with E-state index in [1.807, 2.05) is 0 Å². The first kappa shape index (κ1) is 16.2. The maximum Gasteiger partial charge on any atom is 0.0230 e. The Balaban J connectivity index is 2.47. The Morgan fingerprint density at radius 2 is 1.74 bits per heavy atom. The lowest BCUT2D eigenvalue weighted by Crippen LogP contribution is -2.23. The van der Waals surface area contributed by atoms with Crippen molar-refractivity contribution in [1.29, 1.82) is 0 Å². The highest BCUT2D eigenvalue weighted by molar-refractivity contribution is 5.23. The van der Waals surface area contributed by atoms with Gasteiger partial charge in [-0.15, -0.1) is 0 Å². The zero-order valence-corrected chi connectivity index (χ0v) is 13.2. The Morgan fingerprint density at radius 1 is 1.05 bits per heavy atom. The molecule has 0 amide bonds. The van der Waals surface area contributed by atoms with E-state index in [9.17, 15) is 0 Å². The van der Waals surface area contributed by atoms with E-state index in [1.165, 1.54) is 11.1 Å². The monoisotopic (exact) mass is 262 g/mol. The lowest BCUT2D eigenvalue weighted by molar-refractivity contribution is 0.288. The minimum Gasteiger partial charge on any atom is -0.312 e. The maximum atomic E-state index is 3.50. The summed E-state index contributed by atoms with van der Waals surface area (Å²) in [6.45, 7) is 13.3. The number of benzene rings is 1. The standard InChI is InChI=1S/C17H30N2/c1-14(2)10-18-11-16-7-6-8-17(9-16)13-19(5)12-15(3)4/h6-9,14-15,18H,10-13H2,1-5H3. The van der Waals surface area contributed by atoms with Gasteiger partial charge in [-0.1, -0.05) is 52.0 Å². The van der Waals surface area contributed by atoms with Gasteiger partial charge in [-0.25, -0.2) is 0 Å². The summed E-state index contributed by atoms with van der Waals surface area (Å²) in [6.07, 6.45) is 0. The molecule has 19 heavy (non-hydrogen) atoms. The number of hydrogen-bond donors (Lipinski definition) is 1. The summed E-state index contributed by atoms with van der Waals surface area (Å²) in [4.78, 5) is 2.39. The molecule has 108 valence electrons. The van der Waals surface area contributed by atoms with Crippen LogP contribution in [0.2, 0.25) is 0 Å². The van der Waals surface area contributed by atoms with Crippen LogP contribution in [-0.2, 0) is 13.1 Å². The lowest BCUT2D eigenvalue weighted by atomic mass is 10.1. The van der Waals surface area contributed by atoms with Crippen molar-refractivity contribution in [2.24, 2.45) is 11.8 Å². The van der Waals surface area contributed by atoms with Crippen LogP contribution < -0.4 is 5.32 Å². The molecular formula is C17H30N2. The van der Waals surface area contributed by atoms with Gasteiger partial charge in [0.05, 0.1) is 0 Å². The summed E-state index contributed by atoms with van der Waals surface area (Å²) in [5.41, 5.74) is 2.79. The summed E-state index contributed by atoms with van der Waals surface area (Å²) in [5, 5.41) is 3.50. The van der Waals surface area contributed by atoms with Gasteiger partial charge in [-0.05, 0) is 36.6 Å². The summed E-state index contributed by atoms with van der Waals surface area (Å²) in [5.74, 6) is 1.43.